The van der Waals surface area contributed by atoms with Gasteiger partial charge in [0.05, 0.1) is 27.5 Å². The van der Waals surface area contributed by atoms with Crippen LogP contribution in [0.5, 0.6) is 0 Å². The average molecular weight is 335 g/mol. The Morgan fingerprint density at radius 2 is 1.80 bits per heavy atom. The zero-order chi connectivity index (χ0) is 14.9. The van der Waals surface area contributed by atoms with Gasteiger partial charge in [-0.25, -0.2) is 9.37 Å². The van der Waals surface area contributed by atoms with Gasteiger partial charge in [-0.1, -0.05) is 34.8 Å². The predicted octanol–water partition coefficient (Wildman–Crippen LogP) is 4.02. The van der Waals surface area contributed by atoms with E-state index in [4.69, 9.17) is 40.5 Å². The van der Waals surface area contributed by atoms with Gasteiger partial charge in [0.2, 0.25) is 0 Å². The van der Waals surface area contributed by atoms with Gasteiger partial charge in [-0.05, 0) is 18.2 Å². The summed E-state index contributed by atoms with van der Waals surface area (Å²) >= 11 is 17.0. The third kappa shape index (κ3) is 3.12. The Hall–Kier alpha value is -1.56. The first kappa shape index (κ1) is 14.8. The maximum Gasteiger partial charge on any atom is 0.257 e. The first-order valence-corrected chi connectivity index (χ1v) is 6.39. The van der Waals surface area contributed by atoms with Crippen molar-refractivity contribution in [3.8, 4) is 0 Å². The van der Waals surface area contributed by atoms with Crippen molar-refractivity contribution in [3.05, 3.63) is 51.0 Å². The van der Waals surface area contributed by atoms with Gasteiger partial charge in [-0.2, -0.15) is 0 Å². The lowest BCUT2D eigenvalue weighted by Crippen LogP contribution is -2.14. The molecule has 3 N–H and O–H groups in total. The second kappa shape index (κ2) is 5.83. The van der Waals surface area contributed by atoms with Crippen LogP contribution in [0.3, 0.4) is 0 Å². The van der Waals surface area contributed by atoms with Gasteiger partial charge in [0.1, 0.15) is 5.15 Å². The maximum absolute atomic E-state index is 13.3. The number of nitrogens with zero attached hydrogens (tertiary/aromatic N) is 1. The average Bonchev–Trinajstić information content (AvgIpc) is 2.38. The van der Waals surface area contributed by atoms with Crippen molar-refractivity contribution in [2.45, 2.75) is 0 Å². The summed E-state index contributed by atoms with van der Waals surface area (Å²) in [7, 11) is 0. The summed E-state index contributed by atoms with van der Waals surface area (Å²) in [6, 6.07) is 3.79. The molecular formula is C12H7Cl3FN3O. The number of hydrogen-bond acceptors (Lipinski definition) is 3. The Bertz CT molecular complexity index is 671. The molecule has 104 valence electrons. The number of rotatable bonds is 2. The molecule has 0 saturated heterocycles. The third-order valence-corrected chi connectivity index (χ3v) is 3.14. The molecule has 1 aromatic carbocycles. The Labute approximate surface area is 128 Å². The van der Waals surface area contributed by atoms with Gasteiger partial charge in [0.15, 0.2) is 5.82 Å². The van der Waals surface area contributed by atoms with Crippen LogP contribution < -0.4 is 11.1 Å². The molecule has 0 saturated carbocycles. The molecule has 0 aliphatic rings. The molecule has 20 heavy (non-hydrogen) atoms. The summed E-state index contributed by atoms with van der Waals surface area (Å²) in [6.45, 7) is 0. The van der Waals surface area contributed by atoms with Crippen LogP contribution >= 0.6 is 34.8 Å². The third-order valence-electron chi connectivity index (χ3n) is 2.39. The van der Waals surface area contributed by atoms with Crippen LogP contribution in [0.1, 0.15) is 10.4 Å². The fraction of sp³-hybridized carbons (Fsp3) is 0. The van der Waals surface area contributed by atoms with Gasteiger partial charge in [0, 0.05) is 5.69 Å². The van der Waals surface area contributed by atoms with E-state index in [0.29, 0.717) is 0 Å². The van der Waals surface area contributed by atoms with E-state index in [2.05, 4.69) is 10.3 Å². The number of pyridine rings is 1. The topological polar surface area (TPSA) is 68.0 Å². The molecule has 0 unspecified atom stereocenters. The molecule has 4 nitrogen and oxygen atoms in total. The summed E-state index contributed by atoms with van der Waals surface area (Å²) in [6.07, 6.45) is 1.27. The number of amides is 1. The van der Waals surface area contributed by atoms with Crippen LogP contribution in [-0.4, -0.2) is 10.9 Å². The standard InChI is InChI=1S/C12H7Cl3FN3O/c13-7-1-5(2-8(14)11(7)16)19-12(20)6-3-10(15)18-4-9(6)17/h1-4H,17H2,(H,19,20). The Morgan fingerprint density at radius 1 is 1.20 bits per heavy atom. The lowest BCUT2D eigenvalue weighted by molar-refractivity contribution is 0.102. The van der Waals surface area contributed by atoms with Crippen molar-refractivity contribution in [3.63, 3.8) is 0 Å². The van der Waals surface area contributed by atoms with E-state index in [-0.39, 0.29) is 32.1 Å². The van der Waals surface area contributed by atoms with Crippen molar-refractivity contribution in [2.24, 2.45) is 0 Å². The van der Waals surface area contributed by atoms with Crippen molar-refractivity contribution in [1.29, 1.82) is 0 Å². The largest absolute Gasteiger partial charge is 0.397 e. The highest BCUT2D eigenvalue weighted by atomic mass is 35.5. The number of carbonyl (C=O) groups is 1. The number of aromatic nitrogens is 1. The molecule has 0 aliphatic heterocycles. The first-order chi connectivity index (χ1) is 9.38. The molecule has 0 radical (unpaired) electrons. The van der Waals surface area contributed by atoms with E-state index in [1.165, 1.54) is 24.4 Å². The highest BCUT2D eigenvalue weighted by molar-refractivity contribution is 6.35. The van der Waals surface area contributed by atoms with Crippen LogP contribution in [0.4, 0.5) is 15.8 Å². The van der Waals surface area contributed by atoms with Gasteiger partial charge < -0.3 is 11.1 Å². The van der Waals surface area contributed by atoms with Crippen LogP contribution in [0.15, 0.2) is 24.4 Å². The van der Waals surface area contributed by atoms with E-state index < -0.39 is 11.7 Å². The molecule has 8 heteroatoms. The SMILES string of the molecule is Nc1cnc(Cl)cc1C(=O)Nc1cc(Cl)c(F)c(Cl)c1. The number of halogens is 4. The minimum absolute atomic E-state index is 0.125. The van der Waals surface area contributed by atoms with E-state index in [0.717, 1.165) is 0 Å². The van der Waals surface area contributed by atoms with Crippen LogP contribution in [0.2, 0.25) is 15.2 Å². The zero-order valence-corrected chi connectivity index (χ0v) is 12.0. The van der Waals surface area contributed by atoms with Crippen molar-refractivity contribution in [1.82, 2.24) is 4.98 Å². The van der Waals surface area contributed by atoms with E-state index in [1.54, 1.807) is 0 Å². The lowest BCUT2D eigenvalue weighted by atomic mass is 10.2. The van der Waals surface area contributed by atoms with Crippen LogP contribution in [0, 0.1) is 5.82 Å². The van der Waals surface area contributed by atoms with Gasteiger partial charge in [0.25, 0.3) is 5.91 Å². The van der Waals surface area contributed by atoms with E-state index in [1.807, 2.05) is 0 Å². The number of nitrogens with two attached hydrogens (primary N) is 1. The maximum atomic E-state index is 13.3. The van der Waals surface area contributed by atoms with Crippen molar-refractivity contribution < 1.29 is 9.18 Å². The van der Waals surface area contributed by atoms with Gasteiger partial charge >= 0.3 is 0 Å². The van der Waals surface area contributed by atoms with Crippen molar-refractivity contribution >= 4 is 52.1 Å². The number of hydrogen-bond donors (Lipinski definition) is 2. The second-order valence-corrected chi connectivity index (χ2v) is 5.00. The highest BCUT2D eigenvalue weighted by Gasteiger charge is 2.14. The van der Waals surface area contributed by atoms with E-state index >= 15 is 0 Å². The molecule has 0 aliphatic carbocycles. The molecule has 0 spiro atoms. The number of carbonyl (C=O) groups excluding carboxylic acids is 1. The Kier molecular flexibility index (Phi) is 4.32. The fourth-order valence-electron chi connectivity index (χ4n) is 1.46. The normalized spacial score (nSPS) is 10.4. The minimum Gasteiger partial charge on any atom is -0.397 e. The van der Waals surface area contributed by atoms with E-state index in [9.17, 15) is 9.18 Å². The molecule has 2 rings (SSSR count). The van der Waals surface area contributed by atoms with Crippen LogP contribution in [-0.2, 0) is 0 Å². The van der Waals surface area contributed by atoms with Crippen LogP contribution in [0.25, 0.3) is 0 Å². The van der Waals surface area contributed by atoms with Gasteiger partial charge in [-0.3, -0.25) is 4.79 Å². The highest BCUT2D eigenvalue weighted by Crippen LogP contribution is 2.28. The molecule has 1 heterocycles. The van der Waals surface area contributed by atoms with Crippen molar-refractivity contribution in [2.75, 3.05) is 11.1 Å². The monoisotopic (exact) mass is 333 g/mol. The summed E-state index contributed by atoms with van der Waals surface area (Å²) in [5.74, 6) is -1.29. The number of benzene rings is 1. The summed E-state index contributed by atoms with van der Waals surface area (Å²) in [5.41, 5.74) is 6.17. The quantitative estimate of drug-likeness (QED) is 0.644. The zero-order valence-electron chi connectivity index (χ0n) is 9.75. The number of anilines is 2. The second-order valence-electron chi connectivity index (χ2n) is 3.80. The smallest absolute Gasteiger partial charge is 0.257 e. The Balaban J connectivity index is 2.30. The summed E-state index contributed by atoms with van der Waals surface area (Å²) < 4.78 is 13.3. The minimum atomic E-state index is -0.752. The fourth-order valence-corrected chi connectivity index (χ4v) is 2.11. The molecular weight excluding hydrogens is 328 g/mol. The molecule has 0 atom stereocenters. The molecule has 0 bridgehead atoms. The number of nitrogens with one attached hydrogen (secondary N) is 1. The summed E-state index contributed by atoms with van der Waals surface area (Å²) in [5, 5.41) is 2.22. The van der Waals surface area contributed by atoms with Gasteiger partial charge in [-0.15, -0.1) is 0 Å². The lowest BCUT2D eigenvalue weighted by Gasteiger charge is -2.09. The molecule has 1 aromatic heterocycles. The predicted molar refractivity (Wildman–Crippen MR) is 78.0 cm³/mol. The molecule has 0 fully saturated rings. The Morgan fingerprint density at radius 3 is 2.40 bits per heavy atom. The summed E-state index contributed by atoms with van der Waals surface area (Å²) in [4.78, 5) is 15.8. The molecule has 1 amide bonds. The number of nitrogen functional groups attached to an aromatic ring is 1. The first-order valence-electron chi connectivity index (χ1n) is 5.25. The molecule has 2 aromatic rings.